The Labute approximate surface area is 99.9 Å². The van der Waals surface area contributed by atoms with Crippen molar-refractivity contribution in [1.29, 1.82) is 5.26 Å². The van der Waals surface area contributed by atoms with Crippen LogP contribution in [0.25, 0.3) is 0 Å². The molecule has 1 heterocycles. The molecule has 0 bridgehead atoms. The van der Waals surface area contributed by atoms with Gasteiger partial charge in [0.05, 0.1) is 5.56 Å². The van der Waals surface area contributed by atoms with Gasteiger partial charge >= 0.3 is 0 Å². The van der Waals surface area contributed by atoms with Crippen LogP contribution in [0.1, 0.15) is 49.1 Å². The van der Waals surface area contributed by atoms with Gasteiger partial charge < -0.3 is 5.73 Å². The number of rotatable bonds is 0. The lowest BCUT2D eigenvalue weighted by atomic mass is 9.86. The number of nitrogens with two attached hydrogens (primary N) is 1. The van der Waals surface area contributed by atoms with Crippen LogP contribution in [0, 0.1) is 11.3 Å². The molecule has 0 amide bonds. The van der Waals surface area contributed by atoms with Gasteiger partial charge in [0.25, 0.3) is 0 Å². The van der Waals surface area contributed by atoms with E-state index < -0.39 is 6.17 Å². The zero-order chi connectivity index (χ0) is 12.3. The predicted octanol–water partition coefficient (Wildman–Crippen LogP) is 3.62. The molecule has 2 N–H and O–H groups in total. The molecule has 1 aliphatic rings. The summed E-state index contributed by atoms with van der Waals surface area (Å²) < 4.78 is 13.2. The quantitative estimate of drug-likeness (QED) is 0.753. The van der Waals surface area contributed by atoms with Gasteiger partial charge in [0.1, 0.15) is 17.2 Å². The van der Waals surface area contributed by atoms with Crippen LogP contribution in [0.3, 0.4) is 0 Å². The lowest BCUT2D eigenvalue weighted by Crippen LogP contribution is -2.16. The summed E-state index contributed by atoms with van der Waals surface area (Å²) in [5.41, 5.74) is 7.28. The molecule has 0 saturated heterocycles. The Morgan fingerprint density at radius 3 is 2.69 bits per heavy atom. The summed E-state index contributed by atoms with van der Waals surface area (Å²) in [6, 6.07) is 2.11. The molecule has 0 saturated carbocycles. The molecule has 2 atom stereocenters. The highest BCUT2D eigenvalue weighted by molar-refractivity contribution is 7.16. The van der Waals surface area contributed by atoms with E-state index in [4.69, 9.17) is 11.0 Å². The number of nitriles is 1. The van der Waals surface area contributed by atoms with Crippen LogP contribution in [-0.2, 0) is 6.42 Å². The first-order valence-corrected chi connectivity index (χ1v) is 6.40. The third-order valence-corrected chi connectivity index (χ3v) is 3.73. The molecule has 0 spiro atoms. The second kappa shape index (κ2) is 5.31. The number of halogens is 1. The monoisotopic (exact) mass is 240 g/mol. The molecule has 0 radical (unpaired) electrons. The molecule has 16 heavy (non-hydrogen) atoms. The fraction of sp³-hybridized carbons (Fsp3) is 0.583. The minimum absolute atomic E-state index is 0.122. The summed E-state index contributed by atoms with van der Waals surface area (Å²) in [4.78, 5) is 0.963. The Hall–Kier alpha value is -1.08. The summed E-state index contributed by atoms with van der Waals surface area (Å²) in [5.74, 6) is 0.122. The number of nitrogen functional groups attached to an aromatic ring is 1. The first-order valence-electron chi connectivity index (χ1n) is 5.58. The number of thiophene rings is 1. The van der Waals surface area contributed by atoms with E-state index in [1.165, 1.54) is 11.3 Å². The lowest BCUT2D eigenvalue weighted by Gasteiger charge is -2.21. The number of hydrogen-bond acceptors (Lipinski definition) is 3. The van der Waals surface area contributed by atoms with E-state index in [1.807, 2.05) is 20.8 Å². The number of fused-ring (bicyclic) bond motifs is 1. The average Bonchev–Trinajstić information content (AvgIpc) is 2.56. The fourth-order valence-corrected chi connectivity index (χ4v) is 3.29. The molecule has 0 aliphatic heterocycles. The summed E-state index contributed by atoms with van der Waals surface area (Å²) in [6.07, 6.45) is 0.163. The van der Waals surface area contributed by atoms with Crippen LogP contribution in [-0.4, -0.2) is 6.17 Å². The SMILES string of the molecule is CC.CC1CC(F)Cc2sc(N)c(C#N)c21. The number of hydrogen-bond donors (Lipinski definition) is 1. The van der Waals surface area contributed by atoms with Crippen LogP contribution in [0.15, 0.2) is 0 Å². The molecule has 2 unspecified atom stereocenters. The number of alkyl halides is 1. The van der Waals surface area contributed by atoms with E-state index in [0.29, 0.717) is 23.4 Å². The summed E-state index contributed by atoms with van der Waals surface area (Å²) in [6.45, 7) is 5.96. The molecular weight excluding hydrogens is 223 g/mol. The Kier molecular flexibility index (Phi) is 4.31. The topological polar surface area (TPSA) is 49.8 Å². The van der Waals surface area contributed by atoms with Crippen molar-refractivity contribution in [2.24, 2.45) is 0 Å². The van der Waals surface area contributed by atoms with Crippen LogP contribution in [0.2, 0.25) is 0 Å². The summed E-state index contributed by atoms with van der Waals surface area (Å²) in [5, 5.41) is 9.47. The van der Waals surface area contributed by atoms with Crippen molar-refractivity contribution in [2.75, 3.05) is 5.73 Å². The fourth-order valence-electron chi connectivity index (χ4n) is 2.09. The Morgan fingerprint density at radius 1 is 1.50 bits per heavy atom. The van der Waals surface area contributed by atoms with Crippen LogP contribution < -0.4 is 5.73 Å². The van der Waals surface area contributed by atoms with Crippen LogP contribution >= 0.6 is 11.3 Å². The van der Waals surface area contributed by atoms with Crippen molar-refractivity contribution in [3.05, 3.63) is 16.0 Å². The maximum atomic E-state index is 13.2. The van der Waals surface area contributed by atoms with Gasteiger partial charge in [-0.15, -0.1) is 11.3 Å². The molecule has 1 aromatic rings. The minimum Gasteiger partial charge on any atom is -0.389 e. The molecule has 0 aromatic carbocycles. The van der Waals surface area contributed by atoms with Gasteiger partial charge in [0, 0.05) is 11.3 Å². The minimum atomic E-state index is -0.776. The Bertz CT molecular complexity index is 406. The number of anilines is 1. The van der Waals surface area contributed by atoms with Gasteiger partial charge in [-0.05, 0) is 17.9 Å². The smallest absolute Gasteiger partial charge is 0.106 e. The molecule has 4 heteroatoms. The average molecular weight is 240 g/mol. The van der Waals surface area contributed by atoms with Gasteiger partial charge in [0.15, 0.2) is 0 Å². The largest absolute Gasteiger partial charge is 0.389 e. The van der Waals surface area contributed by atoms with Crippen molar-refractivity contribution >= 4 is 16.3 Å². The second-order valence-corrected chi connectivity index (χ2v) is 4.86. The zero-order valence-corrected chi connectivity index (χ0v) is 10.7. The molecule has 0 fully saturated rings. The maximum Gasteiger partial charge on any atom is 0.106 e. The third-order valence-electron chi connectivity index (χ3n) is 2.67. The molecule has 88 valence electrons. The van der Waals surface area contributed by atoms with E-state index in [9.17, 15) is 4.39 Å². The van der Waals surface area contributed by atoms with Crippen molar-refractivity contribution < 1.29 is 4.39 Å². The molecular formula is C12H17FN2S. The first kappa shape index (κ1) is 13.0. The van der Waals surface area contributed by atoms with Crippen LogP contribution in [0.4, 0.5) is 9.39 Å². The molecule has 1 aromatic heterocycles. The highest BCUT2D eigenvalue weighted by atomic mass is 32.1. The second-order valence-electron chi connectivity index (χ2n) is 3.73. The highest BCUT2D eigenvalue weighted by Gasteiger charge is 2.29. The van der Waals surface area contributed by atoms with Gasteiger partial charge in [-0.3, -0.25) is 0 Å². The first-order chi connectivity index (χ1) is 7.63. The summed E-state index contributed by atoms with van der Waals surface area (Å²) in [7, 11) is 0. The van der Waals surface area contributed by atoms with E-state index in [2.05, 4.69) is 6.07 Å². The highest BCUT2D eigenvalue weighted by Crippen LogP contribution is 2.42. The van der Waals surface area contributed by atoms with E-state index >= 15 is 0 Å². The van der Waals surface area contributed by atoms with Crippen molar-refractivity contribution in [3.8, 4) is 6.07 Å². The van der Waals surface area contributed by atoms with Crippen molar-refractivity contribution in [2.45, 2.75) is 45.7 Å². The Morgan fingerprint density at radius 2 is 2.12 bits per heavy atom. The normalized spacial score (nSPS) is 22.7. The van der Waals surface area contributed by atoms with Crippen molar-refractivity contribution in [3.63, 3.8) is 0 Å². The lowest BCUT2D eigenvalue weighted by molar-refractivity contribution is 0.285. The maximum absolute atomic E-state index is 13.2. The van der Waals surface area contributed by atoms with Gasteiger partial charge in [-0.1, -0.05) is 20.8 Å². The van der Waals surface area contributed by atoms with E-state index in [0.717, 1.165) is 10.4 Å². The van der Waals surface area contributed by atoms with E-state index in [1.54, 1.807) is 0 Å². The van der Waals surface area contributed by atoms with Crippen molar-refractivity contribution in [1.82, 2.24) is 0 Å². The van der Waals surface area contributed by atoms with Gasteiger partial charge in [-0.25, -0.2) is 4.39 Å². The molecule has 2 rings (SSSR count). The summed E-state index contributed by atoms with van der Waals surface area (Å²) >= 11 is 1.36. The zero-order valence-electron chi connectivity index (χ0n) is 9.88. The molecule has 2 nitrogen and oxygen atoms in total. The van der Waals surface area contributed by atoms with Crippen LogP contribution in [0.5, 0.6) is 0 Å². The number of nitrogens with zero attached hydrogens (tertiary/aromatic N) is 1. The van der Waals surface area contributed by atoms with E-state index in [-0.39, 0.29) is 5.92 Å². The molecule has 1 aliphatic carbocycles. The standard InChI is InChI=1S/C10H11FN2S.C2H6/c1-5-2-6(11)3-8-9(5)7(4-12)10(13)14-8;1-2/h5-6H,2-3,13H2,1H3;1-2H3. The Balaban J connectivity index is 0.000000606. The third kappa shape index (κ3) is 2.19. The van der Waals surface area contributed by atoms with Gasteiger partial charge in [-0.2, -0.15) is 5.26 Å². The predicted molar refractivity (Wildman–Crippen MR) is 66.4 cm³/mol. The van der Waals surface area contributed by atoms with Gasteiger partial charge in [0.2, 0.25) is 0 Å².